The summed E-state index contributed by atoms with van der Waals surface area (Å²) in [7, 11) is 0. The number of pyridine rings is 2. The maximum absolute atomic E-state index is 14.6. The van der Waals surface area contributed by atoms with Crippen molar-refractivity contribution in [1.29, 1.82) is 0 Å². The number of nitrogens with zero attached hydrogens (tertiary/aromatic N) is 2. The van der Waals surface area contributed by atoms with Gasteiger partial charge in [-0.1, -0.05) is 19.9 Å². The second kappa shape index (κ2) is 8.83. The summed E-state index contributed by atoms with van der Waals surface area (Å²) in [5.74, 6) is -1.24. The van der Waals surface area contributed by atoms with Crippen molar-refractivity contribution in [2.45, 2.75) is 38.8 Å². The van der Waals surface area contributed by atoms with Crippen molar-refractivity contribution >= 4 is 34.1 Å². The van der Waals surface area contributed by atoms with E-state index in [4.69, 9.17) is 11.5 Å². The second-order valence-electron chi connectivity index (χ2n) is 6.85. The number of halogens is 1. The third-order valence-corrected chi connectivity index (χ3v) is 4.86. The zero-order chi connectivity index (χ0) is 21.0. The van der Waals surface area contributed by atoms with E-state index in [0.717, 1.165) is 23.4 Å². The molecule has 0 saturated heterocycles. The average molecular weight is 396 g/mol. The van der Waals surface area contributed by atoms with E-state index < -0.39 is 11.7 Å². The molecule has 6 N–H and O–H groups in total. The molecule has 1 unspecified atom stereocenters. The second-order valence-corrected chi connectivity index (χ2v) is 6.85. The number of hydrogen-bond acceptors (Lipinski definition) is 6. The van der Waals surface area contributed by atoms with Crippen LogP contribution in [-0.4, -0.2) is 28.0 Å². The molecular formula is C21H25FN6O. The van der Waals surface area contributed by atoms with E-state index in [1.165, 1.54) is 0 Å². The molecule has 0 aliphatic carbocycles. The quantitative estimate of drug-likeness (QED) is 0.462. The summed E-state index contributed by atoms with van der Waals surface area (Å²) in [6.45, 7) is 3.93. The number of primary amides is 1. The lowest BCUT2D eigenvalue weighted by Crippen LogP contribution is -2.39. The van der Waals surface area contributed by atoms with Crippen LogP contribution in [-0.2, 0) is 0 Å². The summed E-state index contributed by atoms with van der Waals surface area (Å²) in [6.07, 6.45) is 3.15. The smallest absolute Gasteiger partial charge is 0.252 e. The van der Waals surface area contributed by atoms with Crippen molar-refractivity contribution < 1.29 is 9.18 Å². The number of benzene rings is 1. The minimum Gasteiger partial charge on any atom is -0.365 e. The third-order valence-electron chi connectivity index (χ3n) is 4.86. The molecule has 0 bridgehead atoms. The highest BCUT2D eigenvalue weighted by atomic mass is 19.1. The van der Waals surface area contributed by atoms with Crippen LogP contribution in [0.1, 0.15) is 37.0 Å². The van der Waals surface area contributed by atoms with Crippen LogP contribution >= 0.6 is 0 Å². The van der Waals surface area contributed by atoms with E-state index >= 15 is 0 Å². The molecule has 0 fully saturated rings. The summed E-state index contributed by atoms with van der Waals surface area (Å²) in [4.78, 5) is 20.4. The molecule has 2 heterocycles. The van der Waals surface area contributed by atoms with Gasteiger partial charge in [0.05, 0.1) is 11.1 Å². The average Bonchev–Trinajstić information content (AvgIpc) is 2.72. The van der Waals surface area contributed by atoms with Gasteiger partial charge in [0.2, 0.25) is 0 Å². The molecule has 2 atom stereocenters. The van der Waals surface area contributed by atoms with Crippen molar-refractivity contribution in [3.8, 4) is 0 Å². The minimum absolute atomic E-state index is 0.0238. The standard InChI is InChI=1S/C21H25FN6O/c1-3-16(23)17(4-2)27-21-15(22)11-14(19(24)29)20(28-21)26-13-7-8-18-12(10-13)6-5-9-25-18/h5-11,16-17H,3-4,23H2,1-2H3,(H2,24,29)(H2,26,27,28)/t16-,17?/m0/s1. The van der Waals surface area contributed by atoms with Crippen molar-refractivity contribution in [3.05, 3.63) is 54.0 Å². The Bertz CT molecular complexity index is 1030. The molecule has 1 aromatic carbocycles. The molecule has 2 aromatic heterocycles. The number of aromatic nitrogens is 2. The zero-order valence-electron chi connectivity index (χ0n) is 16.4. The van der Waals surface area contributed by atoms with Gasteiger partial charge in [-0.05, 0) is 43.2 Å². The number of anilines is 3. The monoisotopic (exact) mass is 396 g/mol. The highest BCUT2D eigenvalue weighted by Crippen LogP contribution is 2.26. The van der Waals surface area contributed by atoms with Gasteiger partial charge in [0.25, 0.3) is 5.91 Å². The zero-order valence-corrected chi connectivity index (χ0v) is 16.4. The summed E-state index contributed by atoms with van der Waals surface area (Å²) >= 11 is 0. The van der Waals surface area contributed by atoms with E-state index in [9.17, 15) is 9.18 Å². The van der Waals surface area contributed by atoms with Gasteiger partial charge >= 0.3 is 0 Å². The summed E-state index contributed by atoms with van der Waals surface area (Å²) in [5.41, 5.74) is 13.0. The maximum Gasteiger partial charge on any atom is 0.252 e. The van der Waals surface area contributed by atoms with Crippen molar-refractivity contribution in [2.75, 3.05) is 10.6 Å². The van der Waals surface area contributed by atoms with Crippen LogP contribution < -0.4 is 22.1 Å². The molecule has 3 rings (SSSR count). The van der Waals surface area contributed by atoms with Crippen LogP contribution in [0, 0.1) is 5.82 Å². The Morgan fingerprint density at radius 3 is 2.66 bits per heavy atom. The van der Waals surface area contributed by atoms with Crippen molar-refractivity contribution in [3.63, 3.8) is 0 Å². The first-order valence-electron chi connectivity index (χ1n) is 9.57. The van der Waals surface area contributed by atoms with Gasteiger partial charge in [0.15, 0.2) is 11.6 Å². The lowest BCUT2D eigenvalue weighted by molar-refractivity contribution is 0.100. The van der Waals surface area contributed by atoms with E-state index in [-0.39, 0.29) is 29.3 Å². The first-order valence-corrected chi connectivity index (χ1v) is 9.57. The number of nitrogens with two attached hydrogens (primary N) is 2. The molecule has 3 aromatic rings. The number of fused-ring (bicyclic) bond motifs is 1. The predicted molar refractivity (Wildman–Crippen MR) is 114 cm³/mol. The Labute approximate surface area is 168 Å². The number of hydrogen-bond donors (Lipinski definition) is 4. The number of amides is 1. The van der Waals surface area contributed by atoms with E-state index in [0.29, 0.717) is 12.1 Å². The van der Waals surface area contributed by atoms with Crippen LogP contribution in [0.2, 0.25) is 0 Å². The summed E-state index contributed by atoms with van der Waals surface area (Å²) in [6, 6.07) is 10.1. The molecule has 0 aliphatic rings. The van der Waals surface area contributed by atoms with Crippen LogP contribution in [0.4, 0.5) is 21.7 Å². The van der Waals surface area contributed by atoms with E-state index in [1.54, 1.807) is 12.3 Å². The fraction of sp³-hybridized carbons (Fsp3) is 0.286. The Kier molecular flexibility index (Phi) is 6.23. The van der Waals surface area contributed by atoms with Crippen LogP contribution in [0.25, 0.3) is 10.9 Å². The van der Waals surface area contributed by atoms with Gasteiger partial charge in [-0.15, -0.1) is 0 Å². The largest absolute Gasteiger partial charge is 0.365 e. The number of carbonyl (C=O) groups excluding carboxylic acids is 1. The summed E-state index contributed by atoms with van der Waals surface area (Å²) in [5, 5.41) is 7.04. The highest BCUT2D eigenvalue weighted by Gasteiger charge is 2.20. The fourth-order valence-electron chi connectivity index (χ4n) is 3.14. The van der Waals surface area contributed by atoms with Crippen molar-refractivity contribution in [2.24, 2.45) is 11.5 Å². The third kappa shape index (κ3) is 4.60. The Hall–Kier alpha value is -3.26. The molecule has 29 heavy (non-hydrogen) atoms. The molecule has 0 radical (unpaired) electrons. The van der Waals surface area contributed by atoms with Crippen molar-refractivity contribution in [1.82, 2.24) is 9.97 Å². The van der Waals surface area contributed by atoms with Crippen LogP contribution in [0.15, 0.2) is 42.6 Å². The predicted octanol–water partition coefficient (Wildman–Crippen LogP) is 3.54. The van der Waals surface area contributed by atoms with Crippen LogP contribution in [0.3, 0.4) is 0 Å². The molecular weight excluding hydrogens is 371 g/mol. The lowest BCUT2D eigenvalue weighted by Gasteiger charge is -2.24. The minimum atomic E-state index is -0.773. The summed E-state index contributed by atoms with van der Waals surface area (Å²) < 4.78 is 14.6. The fourth-order valence-corrected chi connectivity index (χ4v) is 3.14. The number of carbonyl (C=O) groups is 1. The van der Waals surface area contributed by atoms with Gasteiger partial charge in [-0.2, -0.15) is 0 Å². The Balaban J connectivity index is 1.97. The van der Waals surface area contributed by atoms with Gasteiger partial charge in [-0.25, -0.2) is 9.37 Å². The molecule has 0 saturated carbocycles. The van der Waals surface area contributed by atoms with Gasteiger partial charge in [-0.3, -0.25) is 9.78 Å². The molecule has 152 valence electrons. The molecule has 7 nitrogen and oxygen atoms in total. The number of nitrogens with one attached hydrogen (secondary N) is 2. The first kappa shape index (κ1) is 20.5. The van der Waals surface area contributed by atoms with E-state index in [2.05, 4.69) is 20.6 Å². The topological polar surface area (TPSA) is 119 Å². The van der Waals surface area contributed by atoms with Crippen LogP contribution in [0.5, 0.6) is 0 Å². The Morgan fingerprint density at radius 2 is 1.97 bits per heavy atom. The Morgan fingerprint density at radius 1 is 1.17 bits per heavy atom. The first-order chi connectivity index (χ1) is 13.9. The molecule has 0 spiro atoms. The normalized spacial score (nSPS) is 13.1. The van der Waals surface area contributed by atoms with E-state index in [1.807, 2.05) is 38.1 Å². The maximum atomic E-state index is 14.6. The van der Waals surface area contributed by atoms with Gasteiger partial charge < -0.3 is 22.1 Å². The highest BCUT2D eigenvalue weighted by molar-refractivity contribution is 5.99. The lowest BCUT2D eigenvalue weighted by atomic mass is 10.0. The molecule has 1 amide bonds. The number of rotatable bonds is 8. The molecule has 8 heteroatoms. The van der Waals surface area contributed by atoms with Gasteiger partial charge in [0.1, 0.15) is 5.82 Å². The molecule has 0 aliphatic heterocycles. The van der Waals surface area contributed by atoms with Gasteiger partial charge in [0, 0.05) is 29.4 Å². The SMILES string of the molecule is CCC(Nc1nc(Nc2ccc3ncccc3c2)c(C(N)=O)cc1F)[C@@H](N)CC.